The van der Waals surface area contributed by atoms with Gasteiger partial charge in [-0.05, 0) is 28.1 Å². The zero-order chi connectivity index (χ0) is 14.7. The Hall–Kier alpha value is -2.22. The Morgan fingerprint density at radius 2 is 2.30 bits per heavy atom. The number of aryl methyl sites for hydroxylation is 1. The van der Waals surface area contributed by atoms with Crippen LogP contribution in [0.4, 0.5) is 11.5 Å². The molecule has 0 saturated heterocycles. The van der Waals surface area contributed by atoms with Crippen molar-refractivity contribution < 1.29 is 9.72 Å². The highest BCUT2D eigenvalue weighted by molar-refractivity contribution is 9.10. The van der Waals surface area contributed by atoms with E-state index in [0.717, 1.165) is 4.47 Å². The van der Waals surface area contributed by atoms with E-state index in [1.54, 1.807) is 25.1 Å². The lowest BCUT2D eigenvalue weighted by Crippen LogP contribution is -2.19. The molecule has 8 heteroatoms. The molecular formula is C12H11BrN4O3. The van der Waals surface area contributed by atoms with E-state index in [0.29, 0.717) is 11.5 Å². The molecule has 0 aliphatic carbocycles. The third-order valence-corrected chi connectivity index (χ3v) is 3.07. The number of hydrogen-bond acceptors (Lipinski definition) is 4. The topological polar surface area (TPSA) is 90.1 Å². The monoisotopic (exact) mass is 338 g/mol. The average molecular weight is 339 g/mol. The lowest BCUT2D eigenvalue weighted by Gasteiger charge is -2.06. The molecule has 0 spiro atoms. The average Bonchev–Trinajstić information content (AvgIpc) is 2.71. The van der Waals surface area contributed by atoms with Gasteiger partial charge in [-0.2, -0.15) is 0 Å². The summed E-state index contributed by atoms with van der Waals surface area (Å²) in [4.78, 5) is 25.7. The molecule has 0 aliphatic rings. The maximum atomic E-state index is 11.9. The van der Waals surface area contributed by atoms with Crippen LogP contribution in [-0.4, -0.2) is 20.4 Å². The number of nitrogens with one attached hydrogen (secondary N) is 1. The molecule has 0 atom stereocenters. The van der Waals surface area contributed by atoms with Crippen molar-refractivity contribution in [1.82, 2.24) is 9.55 Å². The molecule has 1 aromatic carbocycles. The summed E-state index contributed by atoms with van der Waals surface area (Å²) in [5.74, 6) is -0.127. The number of carbonyl (C=O) groups excluding carboxylic acids is 1. The number of rotatable bonds is 4. The van der Waals surface area contributed by atoms with Crippen molar-refractivity contribution in [1.29, 1.82) is 0 Å². The first-order valence-corrected chi connectivity index (χ1v) is 6.48. The predicted molar refractivity (Wildman–Crippen MR) is 76.4 cm³/mol. The first-order valence-electron chi connectivity index (χ1n) is 5.69. The molecule has 1 N–H and O–H groups in total. The summed E-state index contributed by atoms with van der Waals surface area (Å²) in [6.45, 7) is 1.58. The molecule has 20 heavy (non-hydrogen) atoms. The number of aromatic nitrogens is 2. The number of amides is 1. The van der Waals surface area contributed by atoms with Gasteiger partial charge in [0.2, 0.25) is 11.7 Å². The molecule has 1 amide bonds. The molecule has 7 nitrogen and oxygen atoms in total. The van der Waals surface area contributed by atoms with Crippen LogP contribution in [0.3, 0.4) is 0 Å². The minimum atomic E-state index is -0.588. The van der Waals surface area contributed by atoms with Gasteiger partial charge >= 0.3 is 5.82 Å². The highest BCUT2D eigenvalue weighted by Crippen LogP contribution is 2.16. The number of carbonyl (C=O) groups is 1. The molecule has 0 radical (unpaired) electrons. The Kier molecular flexibility index (Phi) is 4.14. The molecule has 104 valence electrons. The van der Waals surface area contributed by atoms with Crippen LogP contribution in [0.5, 0.6) is 0 Å². The van der Waals surface area contributed by atoms with Crippen LogP contribution in [0.25, 0.3) is 0 Å². The maximum Gasteiger partial charge on any atom is 0.381 e. The normalized spacial score (nSPS) is 10.3. The number of hydrogen-bond donors (Lipinski definition) is 1. The van der Waals surface area contributed by atoms with Gasteiger partial charge in [-0.1, -0.05) is 22.0 Å². The van der Waals surface area contributed by atoms with Gasteiger partial charge in [0.05, 0.1) is 0 Å². The van der Waals surface area contributed by atoms with Crippen LogP contribution < -0.4 is 5.32 Å². The van der Waals surface area contributed by atoms with E-state index < -0.39 is 4.92 Å². The van der Waals surface area contributed by atoms with Crippen molar-refractivity contribution in [2.75, 3.05) is 5.32 Å². The second-order valence-electron chi connectivity index (χ2n) is 4.09. The number of nitrogens with zero attached hydrogens (tertiary/aromatic N) is 3. The predicted octanol–water partition coefficient (Wildman–Crippen LogP) is 2.50. The van der Waals surface area contributed by atoms with Crippen LogP contribution in [-0.2, 0) is 11.3 Å². The smallest absolute Gasteiger partial charge is 0.358 e. The lowest BCUT2D eigenvalue weighted by atomic mass is 10.3. The first-order chi connectivity index (χ1) is 9.45. The summed E-state index contributed by atoms with van der Waals surface area (Å²) >= 11 is 3.31. The Balaban J connectivity index is 2.06. The molecule has 0 unspecified atom stereocenters. The summed E-state index contributed by atoms with van der Waals surface area (Å²) in [6, 6.07) is 7.17. The molecule has 1 aromatic heterocycles. The molecule has 0 fully saturated rings. The quantitative estimate of drug-likeness (QED) is 0.684. The van der Waals surface area contributed by atoms with Crippen molar-refractivity contribution in [3.8, 4) is 0 Å². The van der Waals surface area contributed by atoms with Gasteiger partial charge in [-0.25, -0.2) is 0 Å². The van der Waals surface area contributed by atoms with Crippen molar-refractivity contribution >= 4 is 33.3 Å². The van der Waals surface area contributed by atoms with E-state index in [9.17, 15) is 14.9 Å². The van der Waals surface area contributed by atoms with E-state index in [-0.39, 0.29) is 18.3 Å². The highest BCUT2D eigenvalue weighted by Gasteiger charge is 2.16. The minimum absolute atomic E-state index is 0.0286. The van der Waals surface area contributed by atoms with E-state index in [1.807, 2.05) is 6.07 Å². The number of anilines is 1. The molecular weight excluding hydrogens is 328 g/mol. The molecule has 2 rings (SSSR count). The van der Waals surface area contributed by atoms with E-state index in [4.69, 9.17) is 0 Å². The number of nitro groups is 1. The van der Waals surface area contributed by atoms with Crippen molar-refractivity contribution in [3.05, 3.63) is 50.9 Å². The lowest BCUT2D eigenvalue weighted by molar-refractivity contribution is -0.389. The summed E-state index contributed by atoms with van der Waals surface area (Å²) in [5, 5.41) is 13.3. The second-order valence-corrected chi connectivity index (χ2v) is 5.01. The van der Waals surface area contributed by atoms with E-state index in [2.05, 4.69) is 26.2 Å². The van der Waals surface area contributed by atoms with Crippen LogP contribution in [0.1, 0.15) is 5.82 Å². The van der Waals surface area contributed by atoms with E-state index >= 15 is 0 Å². The Morgan fingerprint density at radius 3 is 2.90 bits per heavy atom. The molecule has 2 aromatic rings. The van der Waals surface area contributed by atoms with Gasteiger partial charge < -0.3 is 15.4 Å². The zero-order valence-electron chi connectivity index (χ0n) is 10.5. The SMILES string of the molecule is Cc1nc([N+](=O)[O-])cn1CC(=O)Nc1cccc(Br)c1. The highest BCUT2D eigenvalue weighted by atomic mass is 79.9. The first kappa shape index (κ1) is 14.2. The fraction of sp³-hybridized carbons (Fsp3) is 0.167. The minimum Gasteiger partial charge on any atom is -0.358 e. The van der Waals surface area contributed by atoms with E-state index in [1.165, 1.54) is 10.8 Å². The summed E-state index contributed by atoms with van der Waals surface area (Å²) < 4.78 is 2.29. The Morgan fingerprint density at radius 1 is 1.55 bits per heavy atom. The fourth-order valence-electron chi connectivity index (χ4n) is 1.66. The Bertz CT molecular complexity index is 668. The molecule has 1 heterocycles. The maximum absolute atomic E-state index is 11.9. The van der Waals surface area contributed by atoms with Gasteiger partial charge in [-0.15, -0.1) is 0 Å². The van der Waals surface area contributed by atoms with Gasteiger partial charge in [0.1, 0.15) is 12.7 Å². The molecule has 0 bridgehead atoms. The number of benzene rings is 1. The van der Waals surface area contributed by atoms with Gasteiger partial charge in [0.25, 0.3) is 0 Å². The van der Waals surface area contributed by atoms with Gasteiger partial charge in [0.15, 0.2) is 0 Å². The fourth-order valence-corrected chi connectivity index (χ4v) is 2.06. The largest absolute Gasteiger partial charge is 0.381 e. The Labute approximate surface area is 122 Å². The molecule has 0 aliphatic heterocycles. The van der Waals surface area contributed by atoms with Crippen molar-refractivity contribution in [3.63, 3.8) is 0 Å². The third-order valence-electron chi connectivity index (χ3n) is 2.57. The number of imidazole rings is 1. The number of halogens is 1. The van der Waals surface area contributed by atoms with Crippen LogP contribution in [0.2, 0.25) is 0 Å². The van der Waals surface area contributed by atoms with Crippen molar-refractivity contribution in [2.24, 2.45) is 0 Å². The third kappa shape index (κ3) is 3.41. The van der Waals surface area contributed by atoms with Crippen LogP contribution >= 0.6 is 15.9 Å². The summed E-state index contributed by atoms with van der Waals surface area (Å²) in [7, 11) is 0. The summed E-state index contributed by atoms with van der Waals surface area (Å²) in [6.07, 6.45) is 1.25. The second kappa shape index (κ2) is 5.83. The van der Waals surface area contributed by atoms with Crippen LogP contribution in [0.15, 0.2) is 34.9 Å². The molecule has 0 saturated carbocycles. The van der Waals surface area contributed by atoms with Crippen molar-refractivity contribution in [2.45, 2.75) is 13.5 Å². The summed E-state index contributed by atoms with van der Waals surface area (Å²) in [5.41, 5.74) is 0.650. The standard InChI is InChI=1S/C12H11BrN4O3/c1-8-14-11(17(19)20)6-16(8)7-12(18)15-10-4-2-3-9(13)5-10/h2-6H,7H2,1H3,(H,15,18). The van der Waals surface area contributed by atoms with Gasteiger partial charge in [-0.3, -0.25) is 9.36 Å². The zero-order valence-corrected chi connectivity index (χ0v) is 12.1. The van der Waals surface area contributed by atoms with Gasteiger partial charge in [0, 0.05) is 17.1 Å². The van der Waals surface area contributed by atoms with Crippen LogP contribution in [0, 0.1) is 17.0 Å².